The van der Waals surface area contributed by atoms with Gasteiger partial charge in [-0.05, 0) is 42.8 Å². The highest BCUT2D eigenvalue weighted by Crippen LogP contribution is 2.29. The Balaban J connectivity index is 1.62. The van der Waals surface area contributed by atoms with Gasteiger partial charge in [0.2, 0.25) is 0 Å². The van der Waals surface area contributed by atoms with Crippen LogP contribution >= 0.6 is 0 Å². The minimum absolute atomic E-state index is 0.133. The highest BCUT2D eigenvalue weighted by Gasteiger charge is 2.11. The van der Waals surface area contributed by atoms with E-state index in [0.717, 1.165) is 6.42 Å². The summed E-state index contributed by atoms with van der Waals surface area (Å²) in [5, 5.41) is 2.83. The molecule has 0 saturated carbocycles. The van der Waals surface area contributed by atoms with Crippen LogP contribution in [0, 0.1) is 0 Å². The monoisotopic (exact) mass is 377 g/mol. The fourth-order valence-corrected chi connectivity index (χ4v) is 2.50. The molecule has 0 aromatic heterocycles. The van der Waals surface area contributed by atoms with E-state index >= 15 is 0 Å². The first kappa shape index (κ1) is 19.3. The van der Waals surface area contributed by atoms with Gasteiger partial charge in [-0.15, -0.1) is 0 Å². The molecule has 0 saturated heterocycles. The van der Waals surface area contributed by atoms with Crippen molar-refractivity contribution in [2.75, 3.05) is 18.5 Å². The van der Waals surface area contributed by atoms with Gasteiger partial charge in [-0.1, -0.05) is 49.4 Å². The summed E-state index contributed by atoms with van der Waals surface area (Å²) in [4.78, 5) is 12.4. The molecule has 28 heavy (non-hydrogen) atoms. The molecule has 3 rings (SSSR count). The normalized spacial score (nSPS) is 10.2. The van der Waals surface area contributed by atoms with Crippen molar-refractivity contribution in [3.8, 4) is 23.0 Å². The molecule has 1 amide bonds. The Morgan fingerprint density at radius 2 is 1.39 bits per heavy atom. The Kier molecular flexibility index (Phi) is 6.90. The Labute approximate surface area is 164 Å². The minimum atomic E-state index is -0.283. The molecule has 0 aliphatic heterocycles. The number of carbonyl (C=O) groups excluding carboxylic acids is 1. The average molecular weight is 377 g/mol. The predicted octanol–water partition coefficient (Wildman–Crippen LogP) is 5.29. The van der Waals surface area contributed by atoms with E-state index in [4.69, 9.17) is 14.2 Å². The lowest BCUT2D eigenvalue weighted by Gasteiger charge is -2.14. The van der Waals surface area contributed by atoms with E-state index in [1.807, 2.05) is 67.6 Å². The van der Waals surface area contributed by atoms with E-state index in [2.05, 4.69) is 5.32 Å². The zero-order valence-corrected chi connectivity index (χ0v) is 15.8. The van der Waals surface area contributed by atoms with Gasteiger partial charge in [0.15, 0.2) is 23.9 Å². The highest BCUT2D eigenvalue weighted by atomic mass is 16.5. The Morgan fingerprint density at radius 3 is 2.11 bits per heavy atom. The standard InChI is InChI=1S/C23H23NO4/c1-2-16-26-21-14-8-9-15-22(21)27-17-23(25)24-19-12-6-7-13-20(19)28-18-10-4-3-5-11-18/h3-15H,2,16-17H2,1H3,(H,24,25). The lowest BCUT2D eigenvalue weighted by atomic mass is 10.3. The maximum Gasteiger partial charge on any atom is 0.262 e. The van der Waals surface area contributed by atoms with Crippen LogP contribution in [0.5, 0.6) is 23.0 Å². The molecule has 0 fully saturated rings. The molecule has 5 nitrogen and oxygen atoms in total. The first-order valence-corrected chi connectivity index (χ1v) is 9.22. The molecule has 0 spiro atoms. The molecular formula is C23H23NO4. The number of ether oxygens (including phenoxy) is 3. The average Bonchev–Trinajstić information content (AvgIpc) is 2.73. The van der Waals surface area contributed by atoms with Gasteiger partial charge in [-0.2, -0.15) is 0 Å². The smallest absolute Gasteiger partial charge is 0.262 e. The largest absolute Gasteiger partial charge is 0.490 e. The molecule has 5 heteroatoms. The van der Waals surface area contributed by atoms with E-state index < -0.39 is 0 Å². The van der Waals surface area contributed by atoms with Crippen LogP contribution < -0.4 is 19.5 Å². The van der Waals surface area contributed by atoms with Crippen molar-refractivity contribution in [2.45, 2.75) is 13.3 Å². The molecule has 0 aliphatic rings. The number of amides is 1. The van der Waals surface area contributed by atoms with Gasteiger partial charge in [-0.3, -0.25) is 4.79 Å². The van der Waals surface area contributed by atoms with Crippen LogP contribution in [-0.2, 0) is 4.79 Å². The maximum absolute atomic E-state index is 12.4. The summed E-state index contributed by atoms with van der Waals surface area (Å²) in [5.74, 6) is 2.15. The van der Waals surface area contributed by atoms with E-state index in [0.29, 0.717) is 35.3 Å². The lowest BCUT2D eigenvalue weighted by molar-refractivity contribution is -0.118. The molecule has 0 atom stereocenters. The number of anilines is 1. The third-order valence-electron chi connectivity index (χ3n) is 3.80. The summed E-state index contributed by atoms with van der Waals surface area (Å²) in [6.07, 6.45) is 0.896. The molecule has 0 unspecified atom stereocenters. The predicted molar refractivity (Wildman–Crippen MR) is 109 cm³/mol. The topological polar surface area (TPSA) is 56.8 Å². The van der Waals surface area contributed by atoms with Crippen LogP contribution in [0.4, 0.5) is 5.69 Å². The van der Waals surface area contributed by atoms with Gasteiger partial charge < -0.3 is 19.5 Å². The number of hydrogen-bond acceptors (Lipinski definition) is 4. The maximum atomic E-state index is 12.4. The summed E-state index contributed by atoms with van der Waals surface area (Å²) in [6, 6.07) is 24.0. The summed E-state index contributed by atoms with van der Waals surface area (Å²) < 4.78 is 17.2. The van der Waals surface area contributed by atoms with Crippen LogP contribution in [0.15, 0.2) is 78.9 Å². The number of hydrogen-bond donors (Lipinski definition) is 1. The molecule has 0 heterocycles. The fourth-order valence-electron chi connectivity index (χ4n) is 2.50. The van der Waals surface area contributed by atoms with Crippen LogP contribution in [0.1, 0.15) is 13.3 Å². The Bertz CT molecular complexity index is 896. The SMILES string of the molecule is CCCOc1ccccc1OCC(=O)Nc1ccccc1Oc1ccccc1. The second kappa shape index (κ2) is 10.0. The van der Waals surface area contributed by atoms with Gasteiger partial charge in [0.25, 0.3) is 5.91 Å². The second-order valence-corrected chi connectivity index (χ2v) is 6.04. The van der Waals surface area contributed by atoms with Crippen molar-refractivity contribution < 1.29 is 19.0 Å². The van der Waals surface area contributed by atoms with Gasteiger partial charge in [0.05, 0.1) is 12.3 Å². The number of carbonyl (C=O) groups is 1. The van der Waals surface area contributed by atoms with E-state index in [1.54, 1.807) is 18.2 Å². The van der Waals surface area contributed by atoms with Crippen LogP contribution in [0.3, 0.4) is 0 Å². The lowest BCUT2D eigenvalue weighted by Crippen LogP contribution is -2.20. The zero-order chi connectivity index (χ0) is 19.6. The molecule has 144 valence electrons. The van der Waals surface area contributed by atoms with Gasteiger partial charge in [-0.25, -0.2) is 0 Å². The summed E-state index contributed by atoms with van der Waals surface area (Å²) in [7, 11) is 0. The highest BCUT2D eigenvalue weighted by molar-refractivity contribution is 5.93. The quantitative estimate of drug-likeness (QED) is 0.551. The van der Waals surface area contributed by atoms with Crippen LogP contribution in [-0.4, -0.2) is 19.1 Å². The number of nitrogens with one attached hydrogen (secondary N) is 1. The van der Waals surface area contributed by atoms with Gasteiger partial charge in [0.1, 0.15) is 5.75 Å². The minimum Gasteiger partial charge on any atom is -0.490 e. The van der Waals surface area contributed by atoms with Crippen molar-refractivity contribution in [1.82, 2.24) is 0 Å². The van der Waals surface area contributed by atoms with Gasteiger partial charge >= 0.3 is 0 Å². The molecule has 1 N–H and O–H groups in total. The zero-order valence-electron chi connectivity index (χ0n) is 15.8. The molecule has 3 aromatic rings. The number of rotatable bonds is 9. The number of benzene rings is 3. The third-order valence-corrected chi connectivity index (χ3v) is 3.80. The van der Waals surface area contributed by atoms with Crippen molar-refractivity contribution in [3.63, 3.8) is 0 Å². The molecule has 0 aliphatic carbocycles. The van der Waals surface area contributed by atoms with Gasteiger partial charge in [0, 0.05) is 0 Å². The van der Waals surface area contributed by atoms with Crippen molar-refractivity contribution in [1.29, 1.82) is 0 Å². The van der Waals surface area contributed by atoms with E-state index in [-0.39, 0.29) is 12.5 Å². The summed E-state index contributed by atoms with van der Waals surface area (Å²) >= 11 is 0. The summed E-state index contributed by atoms with van der Waals surface area (Å²) in [5.41, 5.74) is 0.579. The van der Waals surface area contributed by atoms with Crippen molar-refractivity contribution in [2.24, 2.45) is 0 Å². The molecule has 3 aromatic carbocycles. The summed E-state index contributed by atoms with van der Waals surface area (Å²) in [6.45, 7) is 2.49. The van der Waals surface area contributed by atoms with Crippen molar-refractivity contribution in [3.05, 3.63) is 78.9 Å². The third kappa shape index (κ3) is 5.51. The first-order chi connectivity index (χ1) is 13.8. The van der Waals surface area contributed by atoms with Crippen molar-refractivity contribution >= 4 is 11.6 Å². The Morgan fingerprint density at radius 1 is 0.786 bits per heavy atom. The second-order valence-electron chi connectivity index (χ2n) is 6.04. The van der Waals surface area contributed by atoms with E-state index in [1.165, 1.54) is 0 Å². The molecule has 0 bridgehead atoms. The van der Waals surface area contributed by atoms with E-state index in [9.17, 15) is 4.79 Å². The fraction of sp³-hybridized carbons (Fsp3) is 0.174. The van der Waals surface area contributed by atoms with Crippen LogP contribution in [0.25, 0.3) is 0 Å². The first-order valence-electron chi connectivity index (χ1n) is 9.22. The molecule has 0 radical (unpaired) electrons. The Hall–Kier alpha value is -3.47. The molecular weight excluding hydrogens is 354 g/mol. The number of para-hydroxylation sites is 5. The van der Waals surface area contributed by atoms with Crippen LogP contribution in [0.2, 0.25) is 0 Å².